The number of aliphatic hydroxyl groups is 1. The van der Waals surface area contributed by atoms with Gasteiger partial charge in [-0.1, -0.05) is 28.1 Å². The molecule has 0 bridgehead atoms. The minimum atomic E-state index is -0.728. The van der Waals surface area contributed by atoms with Crippen molar-refractivity contribution < 1.29 is 14.6 Å². The summed E-state index contributed by atoms with van der Waals surface area (Å²) in [6.07, 6.45) is -0.223. The molecule has 2 rings (SSSR count). The fourth-order valence-electron chi connectivity index (χ4n) is 1.63. The van der Waals surface area contributed by atoms with Gasteiger partial charge in [0.05, 0.1) is 13.2 Å². The second-order valence-electron chi connectivity index (χ2n) is 3.69. The molecule has 15 heavy (non-hydrogen) atoms. The molecular weight excluding hydrogens is 260 g/mol. The maximum Gasteiger partial charge on any atom is 0.192 e. The molecule has 1 aromatic carbocycles. The molecule has 4 heteroatoms. The molecule has 2 atom stereocenters. The maximum absolute atomic E-state index is 8.98. The molecule has 1 aliphatic rings. The first-order chi connectivity index (χ1) is 7.14. The normalized spacial score (nSPS) is 30.7. The molecule has 1 N–H and O–H groups in total. The molecule has 0 unspecified atom stereocenters. The van der Waals surface area contributed by atoms with Gasteiger partial charge in [0.15, 0.2) is 5.79 Å². The monoisotopic (exact) mass is 272 g/mol. The third kappa shape index (κ3) is 2.23. The summed E-state index contributed by atoms with van der Waals surface area (Å²) in [6, 6.07) is 7.78. The molecule has 1 saturated heterocycles. The fourth-order valence-corrected chi connectivity index (χ4v) is 1.90. The van der Waals surface area contributed by atoms with Crippen LogP contribution >= 0.6 is 15.9 Å². The Morgan fingerprint density at radius 3 is 2.67 bits per heavy atom. The quantitative estimate of drug-likeness (QED) is 0.896. The summed E-state index contributed by atoms with van der Waals surface area (Å²) in [5, 5.41) is 8.98. The summed E-state index contributed by atoms with van der Waals surface area (Å²) in [6.45, 7) is 2.29. The third-order valence-corrected chi connectivity index (χ3v) is 3.04. The molecule has 0 radical (unpaired) electrons. The molecular formula is C11H13BrO3. The van der Waals surface area contributed by atoms with E-state index in [9.17, 15) is 0 Å². The van der Waals surface area contributed by atoms with Crippen LogP contribution in [0.25, 0.3) is 0 Å². The van der Waals surface area contributed by atoms with Gasteiger partial charge in [-0.25, -0.2) is 0 Å². The number of halogens is 1. The molecule has 0 spiro atoms. The molecule has 1 fully saturated rings. The van der Waals surface area contributed by atoms with Crippen LogP contribution in [0.5, 0.6) is 0 Å². The average molecular weight is 273 g/mol. The highest BCUT2D eigenvalue weighted by Crippen LogP contribution is 2.34. The van der Waals surface area contributed by atoms with Crippen molar-refractivity contribution in [1.29, 1.82) is 0 Å². The van der Waals surface area contributed by atoms with Gasteiger partial charge in [0.25, 0.3) is 0 Å². The fraction of sp³-hybridized carbons (Fsp3) is 0.455. The zero-order chi connectivity index (χ0) is 10.9. The highest BCUT2D eigenvalue weighted by molar-refractivity contribution is 9.10. The SMILES string of the molecule is C[C@]1(c2ccc(Br)cc2)OC[C@H](CO)O1. The highest BCUT2D eigenvalue weighted by atomic mass is 79.9. The lowest BCUT2D eigenvalue weighted by molar-refractivity contribution is -0.165. The third-order valence-electron chi connectivity index (χ3n) is 2.51. The summed E-state index contributed by atoms with van der Waals surface area (Å²) in [5.41, 5.74) is 0.960. The van der Waals surface area contributed by atoms with Gasteiger partial charge in [-0.3, -0.25) is 0 Å². The second-order valence-corrected chi connectivity index (χ2v) is 4.60. The van der Waals surface area contributed by atoms with Gasteiger partial charge in [0, 0.05) is 10.0 Å². The van der Waals surface area contributed by atoms with E-state index >= 15 is 0 Å². The lowest BCUT2D eigenvalue weighted by Crippen LogP contribution is -2.24. The van der Waals surface area contributed by atoms with Gasteiger partial charge in [0.1, 0.15) is 6.10 Å². The van der Waals surface area contributed by atoms with Crippen molar-refractivity contribution in [2.75, 3.05) is 13.2 Å². The Morgan fingerprint density at radius 1 is 1.47 bits per heavy atom. The van der Waals surface area contributed by atoms with Crippen LogP contribution in [0.4, 0.5) is 0 Å². The zero-order valence-corrected chi connectivity index (χ0v) is 10.0. The first kappa shape index (κ1) is 11.1. The van der Waals surface area contributed by atoms with E-state index in [4.69, 9.17) is 14.6 Å². The average Bonchev–Trinajstić information content (AvgIpc) is 2.62. The Labute approximate surface area is 97.1 Å². The van der Waals surface area contributed by atoms with Crippen molar-refractivity contribution in [1.82, 2.24) is 0 Å². The van der Waals surface area contributed by atoms with Crippen LogP contribution in [0.3, 0.4) is 0 Å². The second kappa shape index (κ2) is 4.22. The highest BCUT2D eigenvalue weighted by Gasteiger charge is 2.38. The Kier molecular flexibility index (Phi) is 3.11. The van der Waals surface area contributed by atoms with E-state index in [2.05, 4.69) is 15.9 Å². The molecule has 0 amide bonds. The maximum atomic E-state index is 8.98. The van der Waals surface area contributed by atoms with Gasteiger partial charge in [0.2, 0.25) is 0 Å². The van der Waals surface area contributed by atoms with E-state index in [1.807, 2.05) is 31.2 Å². The topological polar surface area (TPSA) is 38.7 Å². The van der Waals surface area contributed by atoms with E-state index in [0.29, 0.717) is 6.61 Å². The summed E-state index contributed by atoms with van der Waals surface area (Å²) in [4.78, 5) is 0. The van der Waals surface area contributed by atoms with Crippen LogP contribution in [-0.4, -0.2) is 24.4 Å². The largest absolute Gasteiger partial charge is 0.394 e. The zero-order valence-electron chi connectivity index (χ0n) is 8.44. The van der Waals surface area contributed by atoms with Crippen molar-refractivity contribution in [3.63, 3.8) is 0 Å². The van der Waals surface area contributed by atoms with Crippen LogP contribution in [0.2, 0.25) is 0 Å². The number of hydrogen-bond donors (Lipinski definition) is 1. The summed E-state index contributed by atoms with van der Waals surface area (Å²) in [5.74, 6) is -0.728. The first-order valence-electron chi connectivity index (χ1n) is 4.83. The van der Waals surface area contributed by atoms with Gasteiger partial charge in [-0.2, -0.15) is 0 Å². The standard InChI is InChI=1S/C11H13BrO3/c1-11(14-7-10(6-13)15-11)8-2-4-9(12)5-3-8/h2-5,10,13H,6-7H2,1H3/t10-,11-/m0/s1. The number of benzene rings is 1. The Morgan fingerprint density at radius 2 is 2.13 bits per heavy atom. The van der Waals surface area contributed by atoms with Crippen LogP contribution in [0, 0.1) is 0 Å². The molecule has 3 nitrogen and oxygen atoms in total. The van der Waals surface area contributed by atoms with E-state index in [1.54, 1.807) is 0 Å². The Bertz CT molecular complexity index is 338. The van der Waals surface area contributed by atoms with Crippen LogP contribution in [0.1, 0.15) is 12.5 Å². The van der Waals surface area contributed by atoms with E-state index in [0.717, 1.165) is 10.0 Å². The molecule has 1 heterocycles. The van der Waals surface area contributed by atoms with Crippen LogP contribution < -0.4 is 0 Å². The van der Waals surface area contributed by atoms with E-state index in [1.165, 1.54) is 0 Å². The minimum absolute atomic E-state index is 0.00782. The van der Waals surface area contributed by atoms with Gasteiger partial charge >= 0.3 is 0 Å². The van der Waals surface area contributed by atoms with Crippen molar-refractivity contribution in [2.24, 2.45) is 0 Å². The van der Waals surface area contributed by atoms with E-state index in [-0.39, 0.29) is 12.7 Å². The number of hydrogen-bond acceptors (Lipinski definition) is 3. The molecule has 0 aliphatic carbocycles. The first-order valence-corrected chi connectivity index (χ1v) is 5.62. The van der Waals surface area contributed by atoms with Crippen molar-refractivity contribution >= 4 is 15.9 Å². The van der Waals surface area contributed by atoms with Crippen molar-refractivity contribution in [3.05, 3.63) is 34.3 Å². The number of ether oxygens (including phenoxy) is 2. The smallest absolute Gasteiger partial charge is 0.192 e. The Balaban J connectivity index is 2.20. The van der Waals surface area contributed by atoms with E-state index < -0.39 is 5.79 Å². The molecule has 0 saturated carbocycles. The lowest BCUT2D eigenvalue weighted by Gasteiger charge is -2.23. The summed E-state index contributed by atoms with van der Waals surface area (Å²) < 4.78 is 12.2. The van der Waals surface area contributed by atoms with Crippen molar-refractivity contribution in [2.45, 2.75) is 18.8 Å². The van der Waals surface area contributed by atoms with Gasteiger partial charge < -0.3 is 14.6 Å². The summed E-state index contributed by atoms with van der Waals surface area (Å²) in [7, 11) is 0. The lowest BCUT2D eigenvalue weighted by atomic mass is 10.1. The molecule has 82 valence electrons. The minimum Gasteiger partial charge on any atom is -0.394 e. The predicted molar refractivity (Wildman–Crippen MR) is 59.4 cm³/mol. The number of aliphatic hydroxyl groups excluding tert-OH is 1. The predicted octanol–water partition coefficient (Wildman–Crippen LogP) is 2.03. The number of rotatable bonds is 2. The molecule has 0 aromatic heterocycles. The van der Waals surface area contributed by atoms with Crippen LogP contribution in [-0.2, 0) is 15.3 Å². The van der Waals surface area contributed by atoms with Gasteiger partial charge in [-0.15, -0.1) is 0 Å². The summed E-state index contributed by atoms with van der Waals surface area (Å²) >= 11 is 3.38. The molecule has 1 aromatic rings. The molecule has 1 aliphatic heterocycles. The van der Waals surface area contributed by atoms with Crippen LogP contribution in [0.15, 0.2) is 28.7 Å². The Hall–Kier alpha value is -0.420. The van der Waals surface area contributed by atoms with Crippen molar-refractivity contribution in [3.8, 4) is 0 Å². The van der Waals surface area contributed by atoms with Gasteiger partial charge in [-0.05, 0) is 19.1 Å².